The second-order valence-corrected chi connectivity index (χ2v) is 5.64. The Bertz CT molecular complexity index is 485. The number of thiophene rings is 1. The maximum Gasteiger partial charge on any atom is 0.129 e. The summed E-state index contributed by atoms with van der Waals surface area (Å²) < 4.78 is 0. The first kappa shape index (κ1) is 12.8. The highest BCUT2D eigenvalue weighted by Gasteiger charge is 2.07. The highest BCUT2D eigenvalue weighted by molar-refractivity contribution is 7.09. The molecule has 2 nitrogen and oxygen atoms in total. The van der Waals surface area contributed by atoms with Crippen molar-refractivity contribution in [1.29, 1.82) is 0 Å². The zero-order chi connectivity index (χ0) is 12.3. The molecule has 0 saturated carbocycles. The lowest BCUT2D eigenvalue weighted by Gasteiger charge is -2.15. The molecule has 2 aromatic rings. The molecule has 0 aliphatic carbocycles. The van der Waals surface area contributed by atoms with E-state index in [0.29, 0.717) is 16.7 Å². The first-order valence-electron chi connectivity index (χ1n) is 5.17. The molecule has 0 N–H and O–H groups in total. The first-order chi connectivity index (χ1) is 8.15. The summed E-state index contributed by atoms with van der Waals surface area (Å²) in [4.78, 5) is 7.72. The molecule has 2 aromatic heterocycles. The summed E-state index contributed by atoms with van der Waals surface area (Å²) in [5.41, 5.74) is 0.818. The van der Waals surface area contributed by atoms with E-state index in [9.17, 15) is 0 Å². The molecule has 0 atom stereocenters. The third-order valence-corrected chi connectivity index (χ3v) is 3.73. The van der Waals surface area contributed by atoms with Crippen molar-refractivity contribution in [3.05, 3.63) is 50.4 Å². The summed E-state index contributed by atoms with van der Waals surface area (Å²) in [6.07, 6.45) is 0. The summed E-state index contributed by atoms with van der Waals surface area (Å²) in [6, 6.07) is 7.66. The van der Waals surface area contributed by atoms with Gasteiger partial charge in [-0.1, -0.05) is 29.3 Å². The number of hydrogen-bond donors (Lipinski definition) is 0. The summed E-state index contributed by atoms with van der Waals surface area (Å²) in [6.45, 7) is 1.58. The molecule has 17 heavy (non-hydrogen) atoms. The lowest BCUT2D eigenvalue weighted by atomic mass is 10.3. The molecule has 0 radical (unpaired) electrons. The van der Waals surface area contributed by atoms with Crippen LogP contribution < -0.4 is 0 Å². The Kier molecular flexibility index (Phi) is 4.40. The fourth-order valence-electron chi connectivity index (χ4n) is 1.55. The zero-order valence-electron chi connectivity index (χ0n) is 9.36. The Morgan fingerprint density at radius 3 is 2.76 bits per heavy atom. The van der Waals surface area contributed by atoms with Gasteiger partial charge in [-0.3, -0.25) is 4.90 Å². The zero-order valence-corrected chi connectivity index (χ0v) is 11.7. The maximum absolute atomic E-state index is 6.08. The number of halogens is 2. The third kappa shape index (κ3) is 3.68. The van der Waals surface area contributed by atoms with Gasteiger partial charge in [0.2, 0.25) is 0 Å². The monoisotopic (exact) mass is 286 g/mol. The minimum absolute atomic E-state index is 0.480. The van der Waals surface area contributed by atoms with Gasteiger partial charge in [-0.2, -0.15) is 0 Å². The highest BCUT2D eigenvalue weighted by atomic mass is 35.5. The lowest BCUT2D eigenvalue weighted by Crippen LogP contribution is -2.17. The van der Waals surface area contributed by atoms with Gasteiger partial charge in [0.05, 0.1) is 10.7 Å². The SMILES string of the molecule is CN(Cc1cccs1)Cc1nc(Cl)ccc1Cl. The fraction of sp³-hybridized carbons (Fsp3) is 0.250. The third-order valence-electron chi connectivity index (χ3n) is 2.31. The van der Waals surface area contributed by atoms with E-state index in [1.165, 1.54) is 4.88 Å². The summed E-state index contributed by atoms with van der Waals surface area (Å²) in [5.74, 6) is 0. The molecule has 0 bridgehead atoms. The predicted molar refractivity (Wildman–Crippen MR) is 73.7 cm³/mol. The van der Waals surface area contributed by atoms with Crippen LogP contribution in [0.15, 0.2) is 29.6 Å². The molecule has 90 valence electrons. The fourth-order valence-corrected chi connectivity index (χ4v) is 2.66. The number of rotatable bonds is 4. The van der Waals surface area contributed by atoms with Crippen molar-refractivity contribution in [2.24, 2.45) is 0 Å². The number of pyridine rings is 1. The van der Waals surface area contributed by atoms with Crippen molar-refractivity contribution in [3.8, 4) is 0 Å². The minimum Gasteiger partial charge on any atom is -0.295 e. The average Bonchev–Trinajstić information content (AvgIpc) is 2.76. The molecule has 0 unspecified atom stereocenters. The Morgan fingerprint density at radius 1 is 1.24 bits per heavy atom. The molecule has 0 amide bonds. The second kappa shape index (κ2) is 5.83. The van der Waals surface area contributed by atoms with Gasteiger partial charge >= 0.3 is 0 Å². The van der Waals surface area contributed by atoms with Crippen molar-refractivity contribution in [2.45, 2.75) is 13.1 Å². The molecule has 0 spiro atoms. The first-order valence-corrected chi connectivity index (χ1v) is 6.80. The van der Waals surface area contributed by atoms with E-state index in [1.54, 1.807) is 23.5 Å². The van der Waals surface area contributed by atoms with E-state index >= 15 is 0 Å². The van der Waals surface area contributed by atoms with Crippen LogP contribution in [0.5, 0.6) is 0 Å². The van der Waals surface area contributed by atoms with Crippen molar-refractivity contribution in [2.75, 3.05) is 7.05 Å². The van der Waals surface area contributed by atoms with Crippen LogP contribution in [0.3, 0.4) is 0 Å². The van der Waals surface area contributed by atoms with Crippen LogP contribution in [0, 0.1) is 0 Å². The smallest absolute Gasteiger partial charge is 0.129 e. The Hall–Kier alpha value is -0.610. The molecule has 5 heteroatoms. The van der Waals surface area contributed by atoms with Crippen LogP contribution in [-0.2, 0) is 13.1 Å². The van der Waals surface area contributed by atoms with E-state index in [1.807, 2.05) is 7.05 Å². The molecular formula is C12H12Cl2N2S. The van der Waals surface area contributed by atoms with E-state index in [2.05, 4.69) is 27.4 Å². The van der Waals surface area contributed by atoms with Gasteiger partial charge in [0, 0.05) is 18.0 Å². The summed E-state index contributed by atoms with van der Waals surface area (Å²) in [7, 11) is 2.04. The number of hydrogen-bond acceptors (Lipinski definition) is 3. The van der Waals surface area contributed by atoms with Crippen LogP contribution >= 0.6 is 34.5 Å². The van der Waals surface area contributed by atoms with Crippen molar-refractivity contribution >= 4 is 34.5 Å². The van der Waals surface area contributed by atoms with E-state index < -0.39 is 0 Å². The van der Waals surface area contributed by atoms with Gasteiger partial charge < -0.3 is 0 Å². The molecular weight excluding hydrogens is 275 g/mol. The normalized spacial score (nSPS) is 11.1. The summed E-state index contributed by atoms with van der Waals surface area (Å²) in [5, 5.41) is 3.22. The standard InChI is InChI=1S/C12H12Cl2N2S/c1-16(7-9-3-2-6-17-9)8-11-10(13)4-5-12(14)15-11/h2-6H,7-8H2,1H3. The van der Waals surface area contributed by atoms with Crippen LogP contribution in [-0.4, -0.2) is 16.9 Å². The van der Waals surface area contributed by atoms with Crippen molar-refractivity contribution in [3.63, 3.8) is 0 Å². The second-order valence-electron chi connectivity index (χ2n) is 3.81. The highest BCUT2D eigenvalue weighted by Crippen LogP contribution is 2.19. The van der Waals surface area contributed by atoms with Gasteiger partial charge in [0.1, 0.15) is 5.15 Å². The van der Waals surface area contributed by atoms with Crippen LogP contribution in [0.4, 0.5) is 0 Å². The van der Waals surface area contributed by atoms with E-state index in [4.69, 9.17) is 23.2 Å². The van der Waals surface area contributed by atoms with Crippen molar-refractivity contribution in [1.82, 2.24) is 9.88 Å². The topological polar surface area (TPSA) is 16.1 Å². The quantitative estimate of drug-likeness (QED) is 0.788. The van der Waals surface area contributed by atoms with Gasteiger partial charge in [-0.25, -0.2) is 4.98 Å². The molecule has 0 aromatic carbocycles. The van der Waals surface area contributed by atoms with Gasteiger partial charge in [-0.05, 0) is 30.6 Å². The van der Waals surface area contributed by atoms with Gasteiger partial charge in [-0.15, -0.1) is 11.3 Å². The molecule has 0 fully saturated rings. The summed E-state index contributed by atoms with van der Waals surface area (Å²) >= 11 is 13.7. The lowest BCUT2D eigenvalue weighted by molar-refractivity contribution is 0.318. The Balaban J connectivity index is 2.02. The minimum atomic E-state index is 0.480. The predicted octanol–water partition coefficient (Wildman–Crippen LogP) is 4.08. The molecule has 2 rings (SSSR count). The van der Waals surface area contributed by atoms with E-state index in [-0.39, 0.29) is 0 Å². The van der Waals surface area contributed by atoms with Gasteiger partial charge in [0.15, 0.2) is 0 Å². The Morgan fingerprint density at radius 2 is 2.06 bits per heavy atom. The average molecular weight is 287 g/mol. The van der Waals surface area contributed by atoms with Crippen LogP contribution in [0.2, 0.25) is 10.2 Å². The van der Waals surface area contributed by atoms with Crippen LogP contribution in [0.25, 0.3) is 0 Å². The maximum atomic E-state index is 6.08. The molecule has 0 aliphatic heterocycles. The number of nitrogens with zero attached hydrogens (tertiary/aromatic N) is 2. The van der Waals surface area contributed by atoms with Gasteiger partial charge in [0.25, 0.3) is 0 Å². The molecule has 2 heterocycles. The largest absolute Gasteiger partial charge is 0.295 e. The molecule has 0 saturated heterocycles. The van der Waals surface area contributed by atoms with Crippen LogP contribution in [0.1, 0.15) is 10.6 Å². The number of aromatic nitrogens is 1. The Labute approximate surface area is 115 Å². The van der Waals surface area contributed by atoms with E-state index in [0.717, 1.165) is 12.2 Å². The van der Waals surface area contributed by atoms with Crippen molar-refractivity contribution < 1.29 is 0 Å². The molecule has 0 aliphatic rings.